The highest BCUT2D eigenvalue weighted by Crippen LogP contribution is 2.32. The molecule has 0 saturated heterocycles. The number of para-hydroxylation sites is 1. The summed E-state index contributed by atoms with van der Waals surface area (Å²) in [4.78, 5) is 24.4. The number of carbonyl (C=O) groups is 2. The highest BCUT2D eigenvalue weighted by molar-refractivity contribution is 6.00. The molecule has 1 aliphatic heterocycles. The molecule has 0 unspecified atom stereocenters. The first-order chi connectivity index (χ1) is 14.7. The zero-order valence-electron chi connectivity index (χ0n) is 16.0. The molecule has 7 heteroatoms. The second-order valence-electron chi connectivity index (χ2n) is 6.64. The van der Waals surface area contributed by atoms with Crippen molar-refractivity contribution >= 4 is 28.7 Å². The van der Waals surface area contributed by atoms with Crippen molar-refractivity contribution in [3.63, 3.8) is 0 Å². The summed E-state index contributed by atoms with van der Waals surface area (Å²) < 4.78 is 17.5. The molecule has 0 amide bonds. The summed E-state index contributed by atoms with van der Waals surface area (Å²) in [6.45, 7) is 0.325. The van der Waals surface area contributed by atoms with Crippen molar-refractivity contribution in [3.05, 3.63) is 65.9 Å². The van der Waals surface area contributed by atoms with Gasteiger partial charge in [0, 0.05) is 40.8 Å². The van der Waals surface area contributed by atoms with E-state index in [1.165, 1.54) is 6.08 Å². The molecule has 0 spiro atoms. The van der Waals surface area contributed by atoms with Crippen LogP contribution in [0.3, 0.4) is 0 Å². The van der Waals surface area contributed by atoms with Gasteiger partial charge in [0.15, 0.2) is 23.9 Å². The molecular weight excluding hydrogens is 384 g/mol. The van der Waals surface area contributed by atoms with E-state index >= 15 is 0 Å². The van der Waals surface area contributed by atoms with Crippen LogP contribution in [0.1, 0.15) is 22.3 Å². The summed E-state index contributed by atoms with van der Waals surface area (Å²) >= 11 is 0. The molecule has 1 aliphatic rings. The minimum Gasteiger partial charge on any atom is -0.454 e. The molecule has 1 aromatic heterocycles. The Hall–Kier alpha value is -4.05. The number of ketones is 1. The fourth-order valence-corrected chi connectivity index (χ4v) is 3.26. The Bertz CT molecular complexity index is 1190. The number of carbonyl (C=O) groups excluding carboxylic acids is 2. The van der Waals surface area contributed by atoms with Crippen molar-refractivity contribution < 1.29 is 23.8 Å². The number of rotatable bonds is 7. The molecule has 0 N–H and O–H groups in total. The van der Waals surface area contributed by atoms with E-state index in [1.807, 2.05) is 35.0 Å². The van der Waals surface area contributed by atoms with Crippen molar-refractivity contribution in [1.82, 2.24) is 4.57 Å². The molecule has 150 valence electrons. The highest BCUT2D eigenvalue weighted by atomic mass is 16.7. The third-order valence-corrected chi connectivity index (χ3v) is 4.72. The van der Waals surface area contributed by atoms with Crippen LogP contribution < -0.4 is 9.47 Å². The number of aromatic nitrogens is 1. The van der Waals surface area contributed by atoms with Gasteiger partial charge in [0.1, 0.15) is 0 Å². The zero-order chi connectivity index (χ0) is 20.9. The molecule has 0 radical (unpaired) electrons. The normalized spacial score (nSPS) is 12.2. The summed E-state index contributed by atoms with van der Waals surface area (Å²) in [5.41, 5.74) is 2.21. The quantitative estimate of drug-likeness (QED) is 0.340. The number of hydrogen-bond acceptors (Lipinski definition) is 6. The number of esters is 1. The van der Waals surface area contributed by atoms with Gasteiger partial charge < -0.3 is 18.8 Å². The maximum Gasteiger partial charge on any atom is 0.331 e. The number of Topliss-reactive ketones (excluding diaryl/α,β-unsaturated/α-hetero) is 1. The molecule has 0 saturated carbocycles. The van der Waals surface area contributed by atoms with Crippen LogP contribution in [0.5, 0.6) is 11.5 Å². The smallest absolute Gasteiger partial charge is 0.331 e. The van der Waals surface area contributed by atoms with Crippen LogP contribution in [0, 0.1) is 11.3 Å². The van der Waals surface area contributed by atoms with Crippen LogP contribution in [-0.4, -0.2) is 29.7 Å². The fourth-order valence-electron chi connectivity index (χ4n) is 3.26. The van der Waals surface area contributed by atoms with Gasteiger partial charge in [-0.15, -0.1) is 0 Å². The van der Waals surface area contributed by atoms with Gasteiger partial charge >= 0.3 is 5.97 Å². The van der Waals surface area contributed by atoms with E-state index in [2.05, 4.69) is 6.07 Å². The summed E-state index contributed by atoms with van der Waals surface area (Å²) in [7, 11) is 0. The van der Waals surface area contributed by atoms with E-state index < -0.39 is 5.97 Å². The van der Waals surface area contributed by atoms with E-state index in [0.29, 0.717) is 30.0 Å². The van der Waals surface area contributed by atoms with Crippen LogP contribution in [0.4, 0.5) is 0 Å². The molecule has 0 fully saturated rings. The van der Waals surface area contributed by atoms with Crippen LogP contribution in [0.2, 0.25) is 0 Å². The van der Waals surface area contributed by atoms with Gasteiger partial charge in [-0.1, -0.05) is 18.2 Å². The molecule has 30 heavy (non-hydrogen) atoms. The lowest BCUT2D eigenvalue weighted by Gasteiger charge is -2.03. The van der Waals surface area contributed by atoms with Crippen molar-refractivity contribution in [1.29, 1.82) is 5.26 Å². The standard InChI is InChI=1S/C23H18N2O5/c24-10-3-11-25-13-17(18-4-1-2-5-19(18)25)7-9-23(27)28-14-20(26)16-6-8-21-22(12-16)30-15-29-21/h1-2,4-9,12-13H,3,11,14-15H2/b9-7+. The summed E-state index contributed by atoms with van der Waals surface area (Å²) in [6.07, 6.45) is 5.23. The SMILES string of the molecule is N#CCCn1cc(/C=C/C(=O)OCC(=O)c2ccc3c(c2)OCO3)c2ccccc21. The average molecular weight is 402 g/mol. The Morgan fingerprint density at radius 3 is 2.87 bits per heavy atom. The van der Waals surface area contributed by atoms with E-state index in [4.69, 9.17) is 19.5 Å². The Morgan fingerprint density at radius 1 is 1.17 bits per heavy atom. The molecule has 0 bridgehead atoms. The Morgan fingerprint density at radius 2 is 2.00 bits per heavy atom. The average Bonchev–Trinajstić information content (AvgIpc) is 3.38. The van der Waals surface area contributed by atoms with Crippen LogP contribution in [0.25, 0.3) is 17.0 Å². The third-order valence-electron chi connectivity index (χ3n) is 4.72. The summed E-state index contributed by atoms with van der Waals surface area (Å²) in [5.74, 6) is 0.140. The first-order valence-electron chi connectivity index (χ1n) is 9.38. The van der Waals surface area contributed by atoms with E-state index in [1.54, 1.807) is 24.3 Å². The monoisotopic (exact) mass is 402 g/mol. The lowest BCUT2D eigenvalue weighted by Crippen LogP contribution is -2.12. The Balaban J connectivity index is 1.40. The predicted molar refractivity (Wildman–Crippen MR) is 109 cm³/mol. The number of benzene rings is 2. The molecule has 4 rings (SSSR count). The maximum absolute atomic E-state index is 12.3. The van der Waals surface area contributed by atoms with E-state index in [9.17, 15) is 9.59 Å². The number of hydrogen-bond donors (Lipinski definition) is 0. The molecular formula is C23H18N2O5. The van der Waals surface area contributed by atoms with Crippen molar-refractivity contribution in [2.45, 2.75) is 13.0 Å². The molecule has 7 nitrogen and oxygen atoms in total. The minimum atomic E-state index is -0.613. The number of aryl methyl sites for hydroxylation is 1. The molecule has 0 atom stereocenters. The number of ether oxygens (including phenoxy) is 3. The van der Waals surface area contributed by atoms with Gasteiger partial charge in [0.25, 0.3) is 0 Å². The third kappa shape index (κ3) is 4.03. The molecule has 2 heterocycles. The van der Waals surface area contributed by atoms with E-state index in [0.717, 1.165) is 16.5 Å². The minimum absolute atomic E-state index is 0.125. The largest absolute Gasteiger partial charge is 0.454 e. The highest BCUT2D eigenvalue weighted by Gasteiger charge is 2.17. The van der Waals surface area contributed by atoms with Crippen LogP contribution in [0.15, 0.2) is 54.7 Å². The Labute approximate surface area is 172 Å². The first kappa shape index (κ1) is 19.3. The maximum atomic E-state index is 12.3. The van der Waals surface area contributed by atoms with Gasteiger partial charge in [0.2, 0.25) is 6.79 Å². The predicted octanol–water partition coefficient (Wildman–Crippen LogP) is 3.72. The number of fused-ring (bicyclic) bond motifs is 2. The lowest BCUT2D eigenvalue weighted by atomic mass is 10.1. The fraction of sp³-hybridized carbons (Fsp3) is 0.174. The topological polar surface area (TPSA) is 90.6 Å². The summed E-state index contributed by atoms with van der Waals surface area (Å²) in [5, 5.41) is 9.80. The van der Waals surface area contributed by atoms with Crippen LogP contribution in [-0.2, 0) is 16.1 Å². The molecule has 3 aromatic rings. The number of nitrogens with zero attached hydrogens (tertiary/aromatic N) is 2. The summed E-state index contributed by atoms with van der Waals surface area (Å²) in [6, 6.07) is 14.7. The number of nitriles is 1. The lowest BCUT2D eigenvalue weighted by molar-refractivity contribution is -0.136. The van der Waals surface area contributed by atoms with Crippen LogP contribution >= 0.6 is 0 Å². The Kier molecular flexibility index (Phi) is 5.48. The van der Waals surface area contributed by atoms with Gasteiger partial charge in [-0.2, -0.15) is 5.26 Å². The second kappa shape index (κ2) is 8.53. The molecule has 2 aromatic carbocycles. The first-order valence-corrected chi connectivity index (χ1v) is 9.38. The van der Waals surface area contributed by atoms with E-state index in [-0.39, 0.29) is 19.2 Å². The zero-order valence-corrected chi connectivity index (χ0v) is 16.0. The van der Waals surface area contributed by atoms with Gasteiger partial charge in [-0.25, -0.2) is 4.79 Å². The molecule has 0 aliphatic carbocycles. The van der Waals surface area contributed by atoms with Crippen molar-refractivity contribution in [3.8, 4) is 17.6 Å². The van der Waals surface area contributed by atoms with Gasteiger partial charge in [0.05, 0.1) is 12.5 Å². The van der Waals surface area contributed by atoms with Gasteiger partial charge in [-0.05, 0) is 30.3 Å². The van der Waals surface area contributed by atoms with Crippen molar-refractivity contribution in [2.75, 3.05) is 13.4 Å². The van der Waals surface area contributed by atoms with Crippen molar-refractivity contribution in [2.24, 2.45) is 0 Å². The second-order valence-corrected chi connectivity index (χ2v) is 6.64. The van der Waals surface area contributed by atoms with Gasteiger partial charge in [-0.3, -0.25) is 4.79 Å².